The predicted molar refractivity (Wildman–Crippen MR) is 75.7 cm³/mol. The van der Waals surface area contributed by atoms with Gasteiger partial charge in [0.25, 0.3) is 0 Å². The van der Waals surface area contributed by atoms with Crippen LogP contribution in [-0.2, 0) is 6.18 Å². The van der Waals surface area contributed by atoms with Crippen molar-refractivity contribution in [3.8, 4) is 0 Å². The number of hydrogen-bond donors (Lipinski definition) is 1. The van der Waals surface area contributed by atoms with Gasteiger partial charge in [0, 0.05) is 24.0 Å². The number of benzene rings is 1. The average Bonchev–Trinajstić information content (AvgIpc) is 3.13. The Hall–Kier alpha value is -1.39. The zero-order valence-corrected chi connectivity index (χ0v) is 11.9. The highest BCUT2D eigenvalue weighted by atomic mass is 19.4. The first-order valence-electron chi connectivity index (χ1n) is 7.02. The van der Waals surface area contributed by atoms with Crippen molar-refractivity contribution in [1.29, 1.82) is 0 Å². The van der Waals surface area contributed by atoms with Crippen molar-refractivity contribution < 1.29 is 13.2 Å². The zero-order valence-electron chi connectivity index (χ0n) is 11.9. The van der Waals surface area contributed by atoms with E-state index in [1.54, 1.807) is 6.07 Å². The summed E-state index contributed by atoms with van der Waals surface area (Å²) >= 11 is 0. The normalized spacial score (nSPS) is 15.7. The van der Waals surface area contributed by atoms with E-state index in [0.717, 1.165) is 25.3 Å². The molecule has 0 spiro atoms. The van der Waals surface area contributed by atoms with Crippen molar-refractivity contribution in [2.45, 2.75) is 45.3 Å². The maximum atomic E-state index is 13.2. The summed E-state index contributed by atoms with van der Waals surface area (Å²) in [6.45, 7) is 4.83. The van der Waals surface area contributed by atoms with Gasteiger partial charge < -0.3 is 10.6 Å². The molecule has 0 amide bonds. The number of alkyl halides is 3. The van der Waals surface area contributed by atoms with Crippen LogP contribution in [-0.4, -0.2) is 12.6 Å². The summed E-state index contributed by atoms with van der Waals surface area (Å²) in [4.78, 5) is 1.91. The van der Waals surface area contributed by atoms with Crippen LogP contribution in [0.15, 0.2) is 18.2 Å². The number of hydrogen-bond acceptors (Lipinski definition) is 2. The highest BCUT2D eigenvalue weighted by molar-refractivity contribution is 5.62. The van der Waals surface area contributed by atoms with E-state index < -0.39 is 11.7 Å². The largest absolute Gasteiger partial charge is 0.418 e. The lowest BCUT2D eigenvalue weighted by Gasteiger charge is -2.28. The topological polar surface area (TPSA) is 29.3 Å². The van der Waals surface area contributed by atoms with Crippen LogP contribution in [0.1, 0.15) is 38.7 Å². The molecule has 0 heterocycles. The monoisotopic (exact) mass is 286 g/mol. The van der Waals surface area contributed by atoms with Gasteiger partial charge in [-0.1, -0.05) is 13.8 Å². The van der Waals surface area contributed by atoms with Gasteiger partial charge in [0.05, 0.1) is 5.56 Å². The van der Waals surface area contributed by atoms with Gasteiger partial charge in [-0.15, -0.1) is 0 Å². The Morgan fingerprint density at radius 1 is 1.30 bits per heavy atom. The molecule has 2 N–H and O–H groups in total. The first kappa shape index (κ1) is 15.0. The third kappa shape index (κ3) is 3.58. The number of nitrogens with two attached hydrogens (primary N) is 1. The van der Waals surface area contributed by atoms with Crippen LogP contribution in [0.4, 0.5) is 24.5 Å². The van der Waals surface area contributed by atoms with Crippen molar-refractivity contribution in [1.82, 2.24) is 0 Å². The zero-order chi connectivity index (χ0) is 14.9. The molecule has 0 unspecified atom stereocenters. The summed E-state index contributed by atoms with van der Waals surface area (Å²) in [5.41, 5.74) is 5.33. The quantitative estimate of drug-likeness (QED) is 0.818. The maximum absolute atomic E-state index is 13.2. The molecule has 1 aromatic carbocycles. The molecule has 1 fully saturated rings. The summed E-state index contributed by atoms with van der Waals surface area (Å²) in [6, 6.07) is 4.35. The Morgan fingerprint density at radius 3 is 2.45 bits per heavy atom. The van der Waals surface area contributed by atoms with Gasteiger partial charge in [0.1, 0.15) is 0 Å². The summed E-state index contributed by atoms with van der Waals surface area (Å²) in [7, 11) is 0. The fraction of sp³-hybridized carbons (Fsp3) is 0.600. The van der Waals surface area contributed by atoms with E-state index in [9.17, 15) is 13.2 Å². The van der Waals surface area contributed by atoms with Crippen LogP contribution in [0.3, 0.4) is 0 Å². The van der Waals surface area contributed by atoms with E-state index in [-0.39, 0.29) is 17.4 Å². The molecule has 0 bridgehead atoms. The molecule has 0 aromatic heterocycles. The van der Waals surface area contributed by atoms with Gasteiger partial charge in [-0.25, -0.2) is 0 Å². The summed E-state index contributed by atoms with van der Waals surface area (Å²) in [6.07, 6.45) is -1.53. The van der Waals surface area contributed by atoms with Gasteiger partial charge in [-0.05, 0) is 43.4 Å². The second kappa shape index (κ2) is 5.54. The van der Waals surface area contributed by atoms with E-state index in [0.29, 0.717) is 12.5 Å². The average molecular weight is 286 g/mol. The first-order valence-corrected chi connectivity index (χ1v) is 7.02. The lowest BCUT2D eigenvalue weighted by atomic mass is 10.1. The van der Waals surface area contributed by atoms with Crippen molar-refractivity contribution >= 4 is 11.4 Å². The molecule has 5 heteroatoms. The SMILES string of the molecule is CC(C)CCN(c1ccc(N)cc1C(F)(F)F)C1CC1. The molecule has 0 atom stereocenters. The molecule has 2 nitrogen and oxygen atoms in total. The van der Waals surface area contributed by atoms with Crippen LogP contribution in [0, 0.1) is 5.92 Å². The fourth-order valence-electron chi connectivity index (χ4n) is 2.31. The Kier molecular flexibility index (Phi) is 4.16. The lowest BCUT2D eigenvalue weighted by Crippen LogP contribution is -2.30. The van der Waals surface area contributed by atoms with Gasteiger partial charge in [0.2, 0.25) is 0 Å². The third-order valence-corrected chi connectivity index (χ3v) is 3.57. The van der Waals surface area contributed by atoms with E-state index in [2.05, 4.69) is 13.8 Å². The Bertz CT molecular complexity index is 465. The molecule has 1 aliphatic rings. The molecular formula is C15H21F3N2. The summed E-state index contributed by atoms with van der Waals surface area (Å²) < 4.78 is 39.6. The first-order chi connectivity index (χ1) is 9.29. The number of nitrogens with zero attached hydrogens (tertiary/aromatic N) is 1. The van der Waals surface area contributed by atoms with Gasteiger partial charge in [0.15, 0.2) is 0 Å². The smallest absolute Gasteiger partial charge is 0.399 e. The molecule has 0 saturated heterocycles. The Balaban J connectivity index is 2.32. The molecule has 1 aromatic rings. The predicted octanol–water partition coefficient (Wildman–Crippen LogP) is 4.30. The Morgan fingerprint density at radius 2 is 1.95 bits per heavy atom. The fourth-order valence-corrected chi connectivity index (χ4v) is 2.31. The molecule has 0 aliphatic heterocycles. The Labute approximate surface area is 117 Å². The van der Waals surface area contributed by atoms with Crippen LogP contribution in [0.25, 0.3) is 0 Å². The molecule has 20 heavy (non-hydrogen) atoms. The second-order valence-corrected chi connectivity index (χ2v) is 5.88. The minimum absolute atomic E-state index is 0.153. The van der Waals surface area contributed by atoms with Gasteiger partial charge >= 0.3 is 6.18 Å². The highest BCUT2D eigenvalue weighted by Gasteiger charge is 2.38. The van der Waals surface area contributed by atoms with Crippen molar-refractivity contribution in [2.24, 2.45) is 5.92 Å². The van der Waals surface area contributed by atoms with E-state index in [1.807, 2.05) is 4.90 Å². The minimum atomic E-state index is -4.37. The van der Waals surface area contributed by atoms with Crippen LogP contribution in [0.5, 0.6) is 0 Å². The molecule has 112 valence electrons. The molecule has 2 rings (SSSR count). The van der Waals surface area contributed by atoms with Gasteiger partial charge in [-0.3, -0.25) is 0 Å². The van der Waals surface area contributed by atoms with E-state index in [4.69, 9.17) is 5.73 Å². The number of rotatable bonds is 5. The summed E-state index contributed by atoms with van der Waals surface area (Å²) in [5.74, 6) is 0.472. The second-order valence-electron chi connectivity index (χ2n) is 5.88. The molecule has 1 aliphatic carbocycles. The molecule has 1 saturated carbocycles. The van der Waals surface area contributed by atoms with Crippen LogP contribution < -0.4 is 10.6 Å². The summed E-state index contributed by atoms with van der Waals surface area (Å²) in [5, 5.41) is 0. The van der Waals surface area contributed by atoms with Crippen molar-refractivity contribution in [2.75, 3.05) is 17.2 Å². The van der Waals surface area contributed by atoms with E-state index in [1.165, 1.54) is 6.07 Å². The van der Waals surface area contributed by atoms with Crippen molar-refractivity contribution in [3.63, 3.8) is 0 Å². The minimum Gasteiger partial charge on any atom is -0.399 e. The van der Waals surface area contributed by atoms with E-state index >= 15 is 0 Å². The number of anilines is 2. The maximum Gasteiger partial charge on any atom is 0.418 e. The standard InChI is InChI=1S/C15H21F3N2/c1-10(2)7-8-20(12-4-5-12)14-6-3-11(19)9-13(14)15(16,17)18/h3,6,9-10,12H,4-5,7-8,19H2,1-2H3. The van der Waals surface area contributed by atoms with Gasteiger partial charge in [-0.2, -0.15) is 13.2 Å². The third-order valence-electron chi connectivity index (χ3n) is 3.57. The van der Waals surface area contributed by atoms with Crippen molar-refractivity contribution in [3.05, 3.63) is 23.8 Å². The van der Waals surface area contributed by atoms with Crippen LogP contribution >= 0.6 is 0 Å². The van der Waals surface area contributed by atoms with Crippen LogP contribution in [0.2, 0.25) is 0 Å². The lowest BCUT2D eigenvalue weighted by molar-refractivity contribution is -0.137. The highest BCUT2D eigenvalue weighted by Crippen LogP contribution is 2.41. The number of halogens is 3. The molecular weight excluding hydrogens is 265 g/mol. The molecule has 0 radical (unpaired) electrons. The number of nitrogen functional groups attached to an aromatic ring is 1.